The Labute approximate surface area is 507 Å². The fraction of sp³-hybridized carbons (Fsp3) is 0.968. The standard InChI is InChI=1S/C62H104O24/c1-28(64)36-17-19-62(69)37-15-14-34-20-35(16-18-60(34,7)38(37)21-45(65)61(36,62)8)80-46-22-39(70-9)54(29(2)75-46)82-47-23-40(71-10)55(30(3)76-47)83-48-24-41(72-11)56(31(4)77-48)84-49-25-42(73-12)57(32(5)78-49)85-50-26-43(74-13)58(33(6)79-50)86-59-53(68)52(67)51(66)44(27-63)81-59/h14,28-33,35-59,63-69H,15-27H2,1-13H3/t28?,29-,30-,31-,32-,33-,35+,36?,37-,38+,39-,40-,41+,42+,43-,44-,45+,46+,47+,48+,49+,50+,51-,52+,53-,54-,55-,56-,57-,58+,59+,60+,61+,62+/m1/s1. The Morgan fingerprint density at radius 3 is 1.33 bits per heavy atom. The van der Waals surface area contributed by atoms with Crippen molar-refractivity contribution in [1.82, 2.24) is 0 Å². The summed E-state index contributed by atoms with van der Waals surface area (Å²) >= 11 is 0. The first-order chi connectivity index (χ1) is 40.9. The Morgan fingerprint density at radius 2 is 0.930 bits per heavy atom. The Hall–Kier alpha value is -1.22. The summed E-state index contributed by atoms with van der Waals surface area (Å²) in [4.78, 5) is 0. The van der Waals surface area contributed by atoms with Crippen molar-refractivity contribution in [3.05, 3.63) is 11.6 Å². The van der Waals surface area contributed by atoms with Gasteiger partial charge in [0.15, 0.2) is 37.7 Å². The van der Waals surface area contributed by atoms with Crippen LogP contribution >= 0.6 is 0 Å². The number of ether oxygens (including phenoxy) is 17. The summed E-state index contributed by atoms with van der Waals surface area (Å²) < 4.78 is 108. The topological polar surface area (TPSA) is 299 Å². The first kappa shape index (κ1) is 67.7. The maximum absolute atomic E-state index is 12.5. The Kier molecular flexibility index (Phi) is 21.8. The molecule has 0 radical (unpaired) electrons. The molecule has 0 aromatic carbocycles. The van der Waals surface area contributed by atoms with Crippen molar-refractivity contribution in [2.75, 3.05) is 42.2 Å². The third kappa shape index (κ3) is 12.9. The molecule has 6 aliphatic heterocycles. The smallest absolute Gasteiger partial charge is 0.187 e. The summed E-state index contributed by atoms with van der Waals surface area (Å²) in [5.74, 6) is 0.0163. The van der Waals surface area contributed by atoms with Crippen LogP contribution in [0.3, 0.4) is 0 Å². The number of aliphatic hydroxyl groups is 7. The highest BCUT2D eigenvalue weighted by atomic mass is 16.8. The second kappa shape index (κ2) is 27.8. The summed E-state index contributed by atoms with van der Waals surface area (Å²) in [7, 11) is 8.09. The zero-order valence-electron chi connectivity index (χ0n) is 52.7. The van der Waals surface area contributed by atoms with E-state index in [9.17, 15) is 35.7 Å². The summed E-state index contributed by atoms with van der Waals surface area (Å²) in [6.45, 7) is 15.0. The van der Waals surface area contributed by atoms with Crippen molar-refractivity contribution in [3.8, 4) is 0 Å². The van der Waals surface area contributed by atoms with Gasteiger partial charge in [-0.1, -0.05) is 25.5 Å². The largest absolute Gasteiger partial charge is 0.394 e. The van der Waals surface area contributed by atoms with Crippen LogP contribution in [0.1, 0.15) is 132 Å². The van der Waals surface area contributed by atoms with Crippen molar-refractivity contribution >= 4 is 0 Å². The average molecular weight is 1230 g/mol. The van der Waals surface area contributed by atoms with Crippen LogP contribution in [0.5, 0.6) is 0 Å². The highest BCUT2D eigenvalue weighted by Gasteiger charge is 2.70. The zero-order chi connectivity index (χ0) is 61.9. The summed E-state index contributed by atoms with van der Waals surface area (Å²) in [5.41, 5.74) is -0.610. The predicted octanol–water partition coefficient (Wildman–Crippen LogP) is 2.89. The lowest BCUT2D eigenvalue weighted by atomic mass is 9.45. The number of hydrogen-bond donors (Lipinski definition) is 7. The SMILES string of the molecule is CO[C@H]1C[C@H](O[C@@H]2[C@@H](C)O[C@@H](O[C@@H]3[C@@H](C)O[C@@H](O[C@H]4CC[C@@]5(C)C(=CC[C@@H]6[C@@H]5C[C@H](O)[C@]5(C)C(C(C)O)CC[C@]65O)C4)C[C@H]3OC)C[C@H]2OC)O[C@H](C)[C@H]1O[C@H]1C[C@H](OC)[C@H](O[C@H]2C[C@@H](OC)[C@@H](O[C@@H]3O[C@H](CO)[C@@H](O)[C@H](O)[C@H]3O)[C@@H](C)O2)[C@@H](C)O1. The first-order valence-electron chi connectivity index (χ1n) is 31.9. The van der Waals surface area contributed by atoms with Crippen molar-refractivity contribution < 1.29 is 116 Å². The van der Waals surface area contributed by atoms with E-state index >= 15 is 0 Å². The van der Waals surface area contributed by atoms with Gasteiger partial charge in [0.1, 0.15) is 54.9 Å². The number of methoxy groups -OCH3 is 5. The number of rotatable bonds is 19. The third-order valence-corrected chi connectivity index (χ3v) is 22.3. The van der Waals surface area contributed by atoms with Gasteiger partial charge in [-0.2, -0.15) is 0 Å². The van der Waals surface area contributed by atoms with Gasteiger partial charge in [-0.15, -0.1) is 0 Å². The van der Waals surface area contributed by atoms with Gasteiger partial charge >= 0.3 is 0 Å². The van der Waals surface area contributed by atoms with Crippen LogP contribution in [0.25, 0.3) is 0 Å². The quantitative estimate of drug-likeness (QED) is 0.0915. The van der Waals surface area contributed by atoms with Gasteiger partial charge in [-0.05, 0) is 110 Å². The van der Waals surface area contributed by atoms with Gasteiger partial charge in [0, 0.05) is 73.1 Å². The molecular formula is C62H104O24. The average Bonchev–Trinajstić information content (AvgIpc) is 1.38. The lowest BCUT2D eigenvalue weighted by Gasteiger charge is -2.63. The van der Waals surface area contributed by atoms with Crippen LogP contribution in [-0.4, -0.2) is 256 Å². The summed E-state index contributed by atoms with van der Waals surface area (Å²) in [5, 5.41) is 75.9. The monoisotopic (exact) mass is 1230 g/mol. The van der Waals surface area contributed by atoms with E-state index in [1.54, 1.807) is 42.3 Å². The molecule has 6 saturated heterocycles. The zero-order valence-corrected chi connectivity index (χ0v) is 52.7. The van der Waals surface area contributed by atoms with E-state index in [1.165, 1.54) is 12.7 Å². The lowest BCUT2D eigenvalue weighted by molar-refractivity contribution is -0.360. The van der Waals surface area contributed by atoms with E-state index in [4.69, 9.17) is 80.5 Å². The molecule has 0 aromatic rings. The van der Waals surface area contributed by atoms with Gasteiger partial charge < -0.3 is 116 Å². The maximum Gasteiger partial charge on any atom is 0.187 e. The molecule has 0 amide bonds. The number of allylic oxidation sites excluding steroid dienone is 1. The van der Waals surface area contributed by atoms with Crippen LogP contribution in [0.15, 0.2) is 11.6 Å². The van der Waals surface area contributed by atoms with Crippen LogP contribution in [-0.2, 0) is 80.5 Å². The molecule has 0 aromatic heterocycles. The Bertz CT molecular complexity index is 2210. The molecule has 6 heterocycles. The molecule has 0 bridgehead atoms. The van der Waals surface area contributed by atoms with Crippen LogP contribution in [0.2, 0.25) is 0 Å². The number of fused-ring (bicyclic) bond motifs is 5. The van der Waals surface area contributed by atoms with Gasteiger partial charge in [0.25, 0.3) is 0 Å². The summed E-state index contributed by atoms with van der Waals surface area (Å²) in [6.07, 6.45) is -10.2. The van der Waals surface area contributed by atoms with Crippen molar-refractivity contribution in [2.24, 2.45) is 28.6 Å². The second-order valence-electron chi connectivity index (χ2n) is 27.0. The molecule has 4 aliphatic carbocycles. The molecule has 10 rings (SSSR count). The van der Waals surface area contributed by atoms with E-state index in [-0.39, 0.29) is 47.9 Å². The first-order valence-corrected chi connectivity index (χ1v) is 31.9. The van der Waals surface area contributed by atoms with E-state index < -0.39 is 171 Å². The fourth-order valence-corrected chi connectivity index (χ4v) is 17.3. The van der Waals surface area contributed by atoms with Gasteiger partial charge in [0.05, 0.1) is 91.6 Å². The molecule has 496 valence electrons. The molecule has 86 heavy (non-hydrogen) atoms. The van der Waals surface area contributed by atoms with E-state index in [1.807, 2.05) is 34.6 Å². The van der Waals surface area contributed by atoms with Gasteiger partial charge in [-0.3, -0.25) is 0 Å². The maximum atomic E-state index is 12.5. The molecule has 0 spiro atoms. The minimum atomic E-state index is -1.60. The molecule has 24 heteroatoms. The highest BCUT2D eigenvalue weighted by molar-refractivity contribution is 5.29. The van der Waals surface area contributed by atoms with E-state index in [2.05, 4.69) is 13.0 Å². The third-order valence-electron chi connectivity index (χ3n) is 22.3. The van der Waals surface area contributed by atoms with Crippen molar-refractivity contribution in [3.63, 3.8) is 0 Å². The fourth-order valence-electron chi connectivity index (χ4n) is 17.3. The Morgan fingerprint density at radius 1 is 0.523 bits per heavy atom. The molecule has 24 nitrogen and oxygen atoms in total. The normalized spacial score (nSPS) is 53.0. The highest BCUT2D eigenvalue weighted by Crippen LogP contribution is 2.68. The second-order valence-corrected chi connectivity index (χ2v) is 27.0. The molecule has 10 aliphatic rings. The molecule has 3 saturated carbocycles. The van der Waals surface area contributed by atoms with Crippen LogP contribution < -0.4 is 0 Å². The summed E-state index contributed by atoms with van der Waals surface area (Å²) in [6, 6.07) is 0. The lowest BCUT2D eigenvalue weighted by Crippen LogP contribution is -2.66. The molecule has 7 N–H and O–H groups in total. The number of aliphatic hydroxyl groups excluding tert-OH is 6. The molecule has 34 atom stereocenters. The van der Waals surface area contributed by atoms with E-state index in [0.717, 1.165) is 25.7 Å². The minimum absolute atomic E-state index is 0.0238. The predicted molar refractivity (Wildman–Crippen MR) is 301 cm³/mol. The Balaban J connectivity index is 0.680. The van der Waals surface area contributed by atoms with Crippen molar-refractivity contribution in [1.29, 1.82) is 0 Å². The molecule has 9 fully saturated rings. The number of hydrogen-bond acceptors (Lipinski definition) is 24. The van der Waals surface area contributed by atoms with Gasteiger partial charge in [-0.25, -0.2) is 0 Å². The van der Waals surface area contributed by atoms with Crippen LogP contribution in [0, 0.1) is 28.6 Å². The van der Waals surface area contributed by atoms with Gasteiger partial charge in [0.2, 0.25) is 0 Å². The molecular weight excluding hydrogens is 1130 g/mol. The van der Waals surface area contributed by atoms with Crippen LogP contribution in [0.4, 0.5) is 0 Å². The van der Waals surface area contributed by atoms with E-state index in [0.29, 0.717) is 44.9 Å². The van der Waals surface area contributed by atoms with Crippen molar-refractivity contribution in [2.45, 2.75) is 310 Å². The minimum Gasteiger partial charge on any atom is -0.394 e. The molecule has 2 unspecified atom stereocenters.